The summed E-state index contributed by atoms with van der Waals surface area (Å²) in [6.45, 7) is 6.88. The molecule has 0 bridgehead atoms. The van der Waals surface area contributed by atoms with Gasteiger partial charge < -0.3 is 19.9 Å². The minimum Gasteiger partial charge on any atom is -0.870 e. The van der Waals surface area contributed by atoms with Crippen molar-refractivity contribution in [2.45, 2.75) is 20.3 Å². The third-order valence-corrected chi connectivity index (χ3v) is 1.84. The number of hydrogen-bond donors (Lipinski definition) is 0. The first kappa shape index (κ1) is 24.2. The third kappa shape index (κ3) is 41.5. The zero-order valence-electron chi connectivity index (χ0n) is 11.9. The molecule has 0 fully saturated rings. The Morgan fingerprint density at radius 1 is 0.667 bits per heavy atom. The zero-order valence-corrected chi connectivity index (χ0v) is 11.9. The molecule has 0 aliphatic rings. The number of hydrogen-bond acceptors (Lipinski definition) is 2. The van der Waals surface area contributed by atoms with Crippen LogP contribution < -0.4 is 0 Å². The van der Waals surface area contributed by atoms with Crippen LogP contribution in [-0.2, 0) is 0 Å². The maximum Gasteiger partial charge on any atom is 0.0777 e. The van der Waals surface area contributed by atoms with Crippen LogP contribution >= 0.6 is 0 Å². The number of quaternary nitrogens is 2. The molecule has 0 atom stereocenters. The Morgan fingerprint density at radius 3 is 0.933 bits per heavy atom. The number of rotatable bonds is 3. The second kappa shape index (κ2) is 10.4. The minimum absolute atomic E-state index is 0. The van der Waals surface area contributed by atoms with Crippen molar-refractivity contribution in [1.29, 1.82) is 0 Å². The van der Waals surface area contributed by atoms with E-state index in [-0.39, 0.29) is 11.0 Å². The number of nitrogens with zero attached hydrogens (tertiary/aromatic N) is 2. The largest absolute Gasteiger partial charge is 0.870 e. The lowest BCUT2D eigenvalue weighted by Gasteiger charge is -2.22. The van der Waals surface area contributed by atoms with Crippen LogP contribution in [0.2, 0.25) is 0 Å². The molecule has 0 aliphatic heterocycles. The summed E-state index contributed by atoms with van der Waals surface area (Å²) in [6, 6.07) is 0. The van der Waals surface area contributed by atoms with E-state index in [4.69, 9.17) is 0 Å². The predicted octanol–water partition coefficient (Wildman–Crippen LogP) is 1.46. The van der Waals surface area contributed by atoms with E-state index >= 15 is 0 Å². The van der Waals surface area contributed by atoms with Crippen LogP contribution in [0.5, 0.6) is 0 Å². The fourth-order valence-corrected chi connectivity index (χ4v) is 0.671. The molecule has 0 amide bonds. The molecule has 0 aromatic rings. The first-order valence-electron chi connectivity index (χ1n) is 5.23. The van der Waals surface area contributed by atoms with Gasteiger partial charge in [0.2, 0.25) is 0 Å². The third-order valence-electron chi connectivity index (χ3n) is 1.84. The highest BCUT2D eigenvalue weighted by atomic mass is 16.0. The molecule has 0 rings (SSSR count). The molecular weight excluding hydrogens is 192 g/mol. The Balaban J connectivity index is -0.0000000718. The summed E-state index contributed by atoms with van der Waals surface area (Å²) in [5, 5.41) is 0. The van der Waals surface area contributed by atoms with Gasteiger partial charge >= 0.3 is 0 Å². The molecule has 0 aromatic heterocycles. The van der Waals surface area contributed by atoms with Crippen LogP contribution in [0.15, 0.2) is 0 Å². The molecule has 0 saturated heterocycles. The van der Waals surface area contributed by atoms with E-state index in [1.165, 1.54) is 19.5 Å². The molecule has 2 N–H and O–H groups in total. The van der Waals surface area contributed by atoms with Crippen LogP contribution in [0.4, 0.5) is 0 Å². The molecule has 4 nitrogen and oxygen atoms in total. The van der Waals surface area contributed by atoms with E-state index < -0.39 is 0 Å². The smallest absolute Gasteiger partial charge is 0.0777 e. The standard InChI is InChI=1S/C6H16N.C5H14N.2H2O/c1-5-6-7(2,3)4;1-5-6(2,3)4;;/h5-6H2,1-4H3;5H2,1-4H3;2*1H2/q2*+1;;/p-2. The second-order valence-corrected chi connectivity index (χ2v) is 5.62. The lowest BCUT2D eigenvalue weighted by Crippen LogP contribution is -2.34. The van der Waals surface area contributed by atoms with Crippen molar-refractivity contribution in [3.63, 3.8) is 0 Å². The molecular formula is C11H32N2O2. The van der Waals surface area contributed by atoms with Crippen LogP contribution in [0, 0.1) is 0 Å². The van der Waals surface area contributed by atoms with Crippen LogP contribution in [0.3, 0.4) is 0 Å². The van der Waals surface area contributed by atoms with Crippen LogP contribution in [0.1, 0.15) is 20.3 Å². The summed E-state index contributed by atoms with van der Waals surface area (Å²) < 4.78 is 2.16. The predicted molar refractivity (Wildman–Crippen MR) is 65.6 cm³/mol. The second-order valence-electron chi connectivity index (χ2n) is 5.62. The van der Waals surface area contributed by atoms with Gasteiger partial charge in [0.25, 0.3) is 0 Å². The van der Waals surface area contributed by atoms with Crippen molar-refractivity contribution in [1.82, 2.24) is 0 Å². The van der Waals surface area contributed by atoms with Crippen molar-refractivity contribution in [2.75, 3.05) is 55.4 Å². The normalized spacial score (nSPS) is 10.4. The van der Waals surface area contributed by atoms with Gasteiger partial charge in [0.05, 0.1) is 55.4 Å². The molecule has 0 aromatic carbocycles. The lowest BCUT2D eigenvalue weighted by atomic mass is 10.4. The van der Waals surface area contributed by atoms with Gasteiger partial charge in [-0.2, -0.15) is 0 Å². The SMILES string of the molecule is CCC[N+](C)(C)C.CC[N+](C)(C)C.[OH-].[OH-]. The summed E-state index contributed by atoms with van der Waals surface area (Å²) >= 11 is 0. The molecule has 98 valence electrons. The minimum atomic E-state index is 0. The Bertz CT molecular complexity index is 115. The Labute approximate surface area is 96.3 Å². The Morgan fingerprint density at radius 2 is 0.933 bits per heavy atom. The highest BCUT2D eigenvalue weighted by Crippen LogP contribution is 1.90. The Hall–Kier alpha value is -0.160. The average molecular weight is 224 g/mol. The molecule has 0 aliphatic carbocycles. The van der Waals surface area contributed by atoms with Gasteiger partial charge in [0.15, 0.2) is 0 Å². The van der Waals surface area contributed by atoms with Crippen LogP contribution in [-0.4, -0.2) is 75.3 Å². The van der Waals surface area contributed by atoms with Crippen molar-refractivity contribution < 1.29 is 19.9 Å². The van der Waals surface area contributed by atoms with Gasteiger partial charge in [-0.3, -0.25) is 0 Å². The summed E-state index contributed by atoms with van der Waals surface area (Å²) in [5.41, 5.74) is 0. The first-order chi connectivity index (χ1) is 5.62. The molecule has 15 heavy (non-hydrogen) atoms. The maximum atomic E-state index is 2.21. The van der Waals surface area contributed by atoms with Crippen molar-refractivity contribution in [3.05, 3.63) is 0 Å². The van der Waals surface area contributed by atoms with E-state index in [2.05, 4.69) is 56.1 Å². The fourth-order valence-electron chi connectivity index (χ4n) is 0.671. The van der Waals surface area contributed by atoms with Gasteiger partial charge in [0.1, 0.15) is 0 Å². The monoisotopic (exact) mass is 224 g/mol. The van der Waals surface area contributed by atoms with E-state index in [0.717, 1.165) is 8.97 Å². The highest BCUT2D eigenvalue weighted by Gasteiger charge is 2.01. The highest BCUT2D eigenvalue weighted by molar-refractivity contribution is 4.20. The molecule has 0 spiro atoms. The van der Waals surface area contributed by atoms with Crippen molar-refractivity contribution in [3.8, 4) is 0 Å². The van der Waals surface area contributed by atoms with Gasteiger partial charge in [-0.15, -0.1) is 0 Å². The van der Waals surface area contributed by atoms with E-state index in [9.17, 15) is 0 Å². The lowest BCUT2D eigenvalue weighted by molar-refractivity contribution is -0.870. The first-order valence-corrected chi connectivity index (χ1v) is 5.23. The van der Waals surface area contributed by atoms with Gasteiger partial charge in [-0.1, -0.05) is 6.92 Å². The van der Waals surface area contributed by atoms with Gasteiger partial charge in [-0.05, 0) is 13.3 Å². The topological polar surface area (TPSA) is 60.0 Å². The maximum absolute atomic E-state index is 2.21. The van der Waals surface area contributed by atoms with Crippen molar-refractivity contribution >= 4 is 0 Å². The van der Waals surface area contributed by atoms with Gasteiger partial charge in [-0.25, -0.2) is 0 Å². The zero-order chi connectivity index (χ0) is 11.1. The quantitative estimate of drug-likeness (QED) is 0.681. The van der Waals surface area contributed by atoms with Crippen molar-refractivity contribution in [2.24, 2.45) is 0 Å². The van der Waals surface area contributed by atoms with Crippen LogP contribution in [0.25, 0.3) is 0 Å². The summed E-state index contributed by atoms with van der Waals surface area (Å²) in [4.78, 5) is 0. The average Bonchev–Trinajstić information content (AvgIpc) is 1.84. The molecule has 0 unspecified atom stereocenters. The molecule has 0 radical (unpaired) electrons. The van der Waals surface area contributed by atoms with Gasteiger partial charge in [0, 0.05) is 0 Å². The fraction of sp³-hybridized carbons (Fsp3) is 1.00. The molecule has 0 saturated carbocycles. The molecule has 4 heteroatoms. The van der Waals surface area contributed by atoms with E-state index in [0.29, 0.717) is 0 Å². The summed E-state index contributed by atoms with van der Waals surface area (Å²) in [6.07, 6.45) is 1.28. The molecule has 0 heterocycles. The van der Waals surface area contributed by atoms with E-state index in [1.807, 2.05) is 0 Å². The summed E-state index contributed by atoms with van der Waals surface area (Å²) in [5.74, 6) is 0. The van der Waals surface area contributed by atoms with E-state index in [1.54, 1.807) is 0 Å². The Kier molecular flexibility index (Phi) is 16.7. The summed E-state index contributed by atoms with van der Waals surface area (Å²) in [7, 11) is 13.2.